The highest BCUT2D eigenvalue weighted by molar-refractivity contribution is 5.96. The summed E-state index contributed by atoms with van der Waals surface area (Å²) in [5.41, 5.74) is 2.18. The van der Waals surface area contributed by atoms with Crippen molar-refractivity contribution in [3.63, 3.8) is 0 Å². The summed E-state index contributed by atoms with van der Waals surface area (Å²) in [5, 5.41) is 0. The van der Waals surface area contributed by atoms with E-state index in [9.17, 15) is 4.79 Å². The fourth-order valence-electron chi connectivity index (χ4n) is 2.16. The van der Waals surface area contributed by atoms with Gasteiger partial charge in [-0.3, -0.25) is 19.7 Å². The van der Waals surface area contributed by atoms with Gasteiger partial charge in [0, 0.05) is 36.8 Å². The molecule has 0 aliphatic rings. The third-order valence-corrected chi connectivity index (χ3v) is 3.21. The molecule has 23 heavy (non-hydrogen) atoms. The van der Waals surface area contributed by atoms with E-state index in [1.807, 2.05) is 19.1 Å². The first kappa shape index (κ1) is 14.8. The second-order valence-electron chi connectivity index (χ2n) is 5.07. The number of carbonyl (C=O) groups is 1. The lowest BCUT2D eigenvalue weighted by atomic mass is 10.1. The summed E-state index contributed by atoms with van der Waals surface area (Å²) < 4.78 is 5.67. The molecule has 5 nitrogen and oxygen atoms in total. The molecule has 0 atom stereocenters. The molecule has 0 aliphatic heterocycles. The van der Waals surface area contributed by atoms with Crippen LogP contribution in [0.3, 0.4) is 0 Å². The molecule has 114 valence electrons. The lowest BCUT2D eigenvalue weighted by Crippen LogP contribution is -2.06. The third-order valence-electron chi connectivity index (χ3n) is 3.21. The second kappa shape index (κ2) is 6.79. The normalized spacial score (nSPS) is 10.3. The minimum atomic E-state index is -0.0627. The molecule has 0 saturated carbocycles. The first-order valence-electron chi connectivity index (χ1n) is 7.19. The molecule has 0 unspecified atom stereocenters. The number of hydrogen-bond acceptors (Lipinski definition) is 5. The fraction of sp³-hybridized carbons (Fsp3) is 0.111. The van der Waals surface area contributed by atoms with Crippen molar-refractivity contribution < 1.29 is 9.53 Å². The third kappa shape index (κ3) is 3.97. The van der Waals surface area contributed by atoms with E-state index in [1.165, 1.54) is 0 Å². The lowest BCUT2D eigenvalue weighted by Gasteiger charge is -2.06. The van der Waals surface area contributed by atoms with Crippen LogP contribution in [0.15, 0.2) is 61.2 Å². The zero-order valence-electron chi connectivity index (χ0n) is 12.6. The molecule has 0 N–H and O–H groups in total. The Balaban J connectivity index is 1.75. The predicted octanol–water partition coefficient (Wildman–Crippen LogP) is 3.40. The summed E-state index contributed by atoms with van der Waals surface area (Å²) in [7, 11) is 0. The van der Waals surface area contributed by atoms with E-state index in [4.69, 9.17) is 4.74 Å². The molecule has 0 spiro atoms. The molecule has 0 amide bonds. The largest absolute Gasteiger partial charge is 0.456 e. The molecule has 0 radical (unpaired) electrons. The van der Waals surface area contributed by atoms with Crippen molar-refractivity contribution in [2.24, 2.45) is 0 Å². The second-order valence-corrected chi connectivity index (χ2v) is 5.07. The van der Waals surface area contributed by atoms with Crippen LogP contribution in [-0.4, -0.2) is 20.7 Å². The van der Waals surface area contributed by atoms with Gasteiger partial charge in [0.1, 0.15) is 17.2 Å². The van der Waals surface area contributed by atoms with Crippen LogP contribution in [0.1, 0.15) is 21.7 Å². The number of Topliss-reactive ketones (excluding diaryl/α,β-unsaturated/α-hetero) is 1. The number of aromatic nitrogens is 3. The Labute approximate surface area is 134 Å². The molecule has 0 bridgehead atoms. The number of pyridine rings is 3. The van der Waals surface area contributed by atoms with Gasteiger partial charge in [-0.2, -0.15) is 0 Å². The fourth-order valence-corrected chi connectivity index (χ4v) is 2.16. The van der Waals surface area contributed by atoms with Crippen molar-refractivity contribution >= 4 is 5.78 Å². The van der Waals surface area contributed by atoms with E-state index in [0.29, 0.717) is 17.2 Å². The highest BCUT2D eigenvalue weighted by Gasteiger charge is 2.10. The molecule has 0 aromatic carbocycles. The minimum absolute atomic E-state index is 0.0627. The number of nitrogens with zero attached hydrogens (tertiary/aromatic N) is 3. The Hall–Kier alpha value is -3.08. The quantitative estimate of drug-likeness (QED) is 0.676. The van der Waals surface area contributed by atoms with Gasteiger partial charge in [-0.1, -0.05) is 0 Å². The molecule has 0 saturated heterocycles. The van der Waals surface area contributed by atoms with Crippen LogP contribution >= 0.6 is 0 Å². The maximum Gasteiger partial charge on any atom is 0.185 e. The monoisotopic (exact) mass is 305 g/mol. The molecule has 3 aromatic rings. The molecule has 3 rings (SSSR count). The van der Waals surface area contributed by atoms with Gasteiger partial charge < -0.3 is 4.74 Å². The van der Waals surface area contributed by atoms with Crippen molar-refractivity contribution in [2.75, 3.05) is 0 Å². The summed E-state index contributed by atoms with van der Waals surface area (Å²) in [5.74, 6) is 1.11. The van der Waals surface area contributed by atoms with Crippen LogP contribution in [0.25, 0.3) is 0 Å². The van der Waals surface area contributed by atoms with E-state index in [0.717, 1.165) is 11.3 Å². The maximum atomic E-state index is 12.4. The molecule has 5 heteroatoms. The number of hydrogen-bond donors (Lipinski definition) is 0. The summed E-state index contributed by atoms with van der Waals surface area (Å²) >= 11 is 0. The summed E-state index contributed by atoms with van der Waals surface area (Å²) in [6.07, 6.45) is 6.84. The van der Waals surface area contributed by atoms with Gasteiger partial charge in [0.15, 0.2) is 5.78 Å². The van der Waals surface area contributed by atoms with Crippen molar-refractivity contribution in [1.29, 1.82) is 0 Å². The van der Waals surface area contributed by atoms with E-state index < -0.39 is 0 Å². The maximum absolute atomic E-state index is 12.4. The van der Waals surface area contributed by atoms with Crippen LogP contribution in [0.2, 0.25) is 0 Å². The number of ketones is 1. The minimum Gasteiger partial charge on any atom is -0.456 e. The van der Waals surface area contributed by atoms with Crippen molar-refractivity contribution in [3.8, 4) is 11.5 Å². The summed E-state index contributed by atoms with van der Waals surface area (Å²) in [6.45, 7) is 1.90. The molecule has 3 heterocycles. The van der Waals surface area contributed by atoms with Crippen LogP contribution in [0.5, 0.6) is 11.5 Å². The number of carbonyl (C=O) groups excluding carboxylic acids is 1. The lowest BCUT2D eigenvalue weighted by molar-refractivity contribution is 0.0988. The highest BCUT2D eigenvalue weighted by atomic mass is 16.5. The Kier molecular flexibility index (Phi) is 4.38. The van der Waals surface area contributed by atoms with Crippen molar-refractivity contribution in [2.45, 2.75) is 13.3 Å². The van der Waals surface area contributed by atoms with Crippen molar-refractivity contribution in [1.82, 2.24) is 15.0 Å². The van der Waals surface area contributed by atoms with E-state index in [1.54, 1.807) is 49.1 Å². The van der Waals surface area contributed by atoms with Crippen molar-refractivity contribution in [3.05, 3.63) is 78.1 Å². The molecule has 0 aliphatic carbocycles. The van der Waals surface area contributed by atoms with Gasteiger partial charge in [-0.25, -0.2) is 0 Å². The predicted molar refractivity (Wildman–Crippen MR) is 85.6 cm³/mol. The zero-order valence-corrected chi connectivity index (χ0v) is 12.6. The SMILES string of the molecule is Cc1cc(CC(=O)c2cc(Oc3cccnc3)ccn2)ccn1. The van der Waals surface area contributed by atoms with E-state index in [-0.39, 0.29) is 12.2 Å². The summed E-state index contributed by atoms with van der Waals surface area (Å²) in [6, 6.07) is 10.7. The van der Waals surface area contributed by atoms with Gasteiger partial charge in [0.25, 0.3) is 0 Å². The van der Waals surface area contributed by atoms with Gasteiger partial charge in [0.05, 0.1) is 6.20 Å². The molecule has 0 fully saturated rings. The first-order valence-corrected chi connectivity index (χ1v) is 7.19. The Bertz CT molecular complexity index is 819. The Morgan fingerprint density at radius 1 is 1.04 bits per heavy atom. The van der Waals surface area contributed by atoms with E-state index >= 15 is 0 Å². The topological polar surface area (TPSA) is 65.0 Å². The smallest absolute Gasteiger partial charge is 0.185 e. The van der Waals surface area contributed by atoms with Gasteiger partial charge in [-0.15, -0.1) is 0 Å². The Morgan fingerprint density at radius 3 is 2.70 bits per heavy atom. The van der Waals surface area contributed by atoms with Gasteiger partial charge >= 0.3 is 0 Å². The van der Waals surface area contributed by atoms with Gasteiger partial charge in [0.2, 0.25) is 0 Å². The summed E-state index contributed by atoms with van der Waals surface area (Å²) in [4.78, 5) is 24.6. The molecule has 3 aromatic heterocycles. The number of rotatable bonds is 5. The van der Waals surface area contributed by atoms with Crippen LogP contribution in [0.4, 0.5) is 0 Å². The van der Waals surface area contributed by atoms with E-state index in [2.05, 4.69) is 15.0 Å². The molecular weight excluding hydrogens is 290 g/mol. The standard InChI is InChI=1S/C18H15N3O2/c1-13-9-14(4-7-20-13)10-18(22)17-11-15(5-8-21-17)23-16-3-2-6-19-12-16/h2-9,11-12H,10H2,1H3. The number of aryl methyl sites for hydroxylation is 1. The average Bonchev–Trinajstić information content (AvgIpc) is 2.56. The molecular formula is C18H15N3O2. The zero-order chi connectivity index (χ0) is 16.1. The van der Waals surface area contributed by atoms with Gasteiger partial charge in [-0.05, 0) is 42.8 Å². The Morgan fingerprint density at radius 2 is 1.91 bits per heavy atom. The number of ether oxygens (including phenoxy) is 1. The first-order chi connectivity index (χ1) is 11.2. The average molecular weight is 305 g/mol. The van der Waals surface area contributed by atoms with Crippen LogP contribution < -0.4 is 4.74 Å². The highest BCUT2D eigenvalue weighted by Crippen LogP contribution is 2.20. The van der Waals surface area contributed by atoms with Crippen LogP contribution in [0, 0.1) is 6.92 Å². The van der Waals surface area contributed by atoms with Crippen LogP contribution in [-0.2, 0) is 6.42 Å².